The van der Waals surface area contributed by atoms with Crippen LogP contribution in [0.5, 0.6) is 0 Å². The Morgan fingerprint density at radius 1 is 0.889 bits per heavy atom. The fourth-order valence-electron chi connectivity index (χ4n) is 3.51. The van der Waals surface area contributed by atoms with E-state index in [0.717, 1.165) is 43.7 Å². The standard InChI is InChI=1S/C21H16BrN5/c1-13-14(2)27(15-8-4-3-5-9-15)20-18(13)21-24-19(25-26(21)12-23-20)16-10-6-7-11-17(16)22/h3-12H,1-2H3. The molecule has 0 aliphatic heterocycles. The van der Waals surface area contributed by atoms with Crippen molar-refractivity contribution in [2.45, 2.75) is 13.8 Å². The first kappa shape index (κ1) is 16.2. The Bertz CT molecular complexity index is 1300. The number of halogens is 1. The molecule has 0 N–H and O–H groups in total. The normalized spacial score (nSPS) is 11.5. The Hall–Kier alpha value is -2.99. The molecule has 0 aliphatic carbocycles. The molecule has 0 amide bonds. The molecule has 0 aliphatic rings. The number of para-hydroxylation sites is 1. The second-order valence-electron chi connectivity index (χ2n) is 6.51. The van der Waals surface area contributed by atoms with E-state index in [1.54, 1.807) is 10.8 Å². The van der Waals surface area contributed by atoms with Gasteiger partial charge in [0.05, 0.1) is 5.39 Å². The molecule has 0 atom stereocenters. The summed E-state index contributed by atoms with van der Waals surface area (Å²) in [5.74, 6) is 0.682. The molecule has 0 saturated heterocycles. The molecular formula is C21H16BrN5. The first-order chi connectivity index (χ1) is 13.1. The molecular weight excluding hydrogens is 402 g/mol. The Balaban J connectivity index is 1.83. The number of benzene rings is 2. The molecule has 27 heavy (non-hydrogen) atoms. The van der Waals surface area contributed by atoms with Crippen LogP contribution in [0.15, 0.2) is 65.4 Å². The van der Waals surface area contributed by atoms with Crippen LogP contribution in [0.4, 0.5) is 0 Å². The average molecular weight is 418 g/mol. The van der Waals surface area contributed by atoms with Gasteiger partial charge in [0.1, 0.15) is 6.33 Å². The highest BCUT2D eigenvalue weighted by atomic mass is 79.9. The molecule has 5 rings (SSSR count). The molecule has 5 aromatic rings. The lowest BCUT2D eigenvalue weighted by molar-refractivity contribution is 0.926. The first-order valence-electron chi connectivity index (χ1n) is 8.68. The third-order valence-electron chi connectivity index (χ3n) is 4.96. The predicted molar refractivity (Wildman–Crippen MR) is 110 cm³/mol. The van der Waals surface area contributed by atoms with E-state index in [-0.39, 0.29) is 0 Å². The summed E-state index contributed by atoms with van der Waals surface area (Å²) in [5.41, 5.74) is 6.10. The molecule has 3 heterocycles. The average Bonchev–Trinajstić information content (AvgIpc) is 3.22. The van der Waals surface area contributed by atoms with Gasteiger partial charge in [-0.1, -0.05) is 46.3 Å². The van der Waals surface area contributed by atoms with Crippen LogP contribution in [-0.2, 0) is 0 Å². The smallest absolute Gasteiger partial charge is 0.183 e. The fourth-order valence-corrected chi connectivity index (χ4v) is 3.97. The zero-order valence-electron chi connectivity index (χ0n) is 14.9. The first-order valence-corrected chi connectivity index (χ1v) is 9.48. The summed E-state index contributed by atoms with van der Waals surface area (Å²) in [6, 6.07) is 18.3. The molecule has 0 saturated carbocycles. The Labute approximate surface area is 164 Å². The molecule has 5 nitrogen and oxygen atoms in total. The molecule has 0 spiro atoms. The van der Waals surface area contributed by atoms with Gasteiger partial charge in [0.15, 0.2) is 17.1 Å². The van der Waals surface area contributed by atoms with E-state index in [4.69, 9.17) is 9.97 Å². The van der Waals surface area contributed by atoms with Crippen LogP contribution in [0, 0.1) is 13.8 Å². The van der Waals surface area contributed by atoms with E-state index in [2.05, 4.69) is 51.6 Å². The monoisotopic (exact) mass is 417 g/mol. The molecule has 0 bridgehead atoms. The van der Waals surface area contributed by atoms with Crippen LogP contribution in [0.3, 0.4) is 0 Å². The predicted octanol–water partition coefficient (Wildman–Crippen LogP) is 5.11. The van der Waals surface area contributed by atoms with E-state index in [0.29, 0.717) is 5.82 Å². The van der Waals surface area contributed by atoms with E-state index in [9.17, 15) is 0 Å². The maximum absolute atomic E-state index is 4.85. The summed E-state index contributed by atoms with van der Waals surface area (Å²) in [6.07, 6.45) is 1.74. The number of hydrogen-bond acceptors (Lipinski definition) is 3. The summed E-state index contributed by atoms with van der Waals surface area (Å²) in [4.78, 5) is 9.56. The summed E-state index contributed by atoms with van der Waals surface area (Å²) in [7, 11) is 0. The second kappa shape index (κ2) is 6.03. The van der Waals surface area contributed by atoms with Crippen molar-refractivity contribution in [3.05, 3.63) is 76.7 Å². The second-order valence-corrected chi connectivity index (χ2v) is 7.36. The number of nitrogens with zero attached hydrogens (tertiary/aromatic N) is 5. The molecule has 3 aromatic heterocycles. The minimum atomic E-state index is 0.682. The van der Waals surface area contributed by atoms with Gasteiger partial charge in [-0.2, -0.15) is 0 Å². The largest absolute Gasteiger partial charge is 0.298 e. The van der Waals surface area contributed by atoms with Crippen molar-refractivity contribution < 1.29 is 0 Å². The minimum Gasteiger partial charge on any atom is -0.298 e. The van der Waals surface area contributed by atoms with Gasteiger partial charge in [-0.05, 0) is 43.7 Å². The van der Waals surface area contributed by atoms with Gasteiger partial charge in [0.2, 0.25) is 0 Å². The van der Waals surface area contributed by atoms with Crippen LogP contribution in [-0.4, -0.2) is 24.1 Å². The summed E-state index contributed by atoms with van der Waals surface area (Å²) < 4.78 is 4.91. The van der Waals surface area contributed by atoms with Gasteiger partial charge in [0.25, 0.3) is 0 Å². The van der Waals surface area contributed by atoms with Crippen molar-refractivity contribution in [1.29, 1.82) is 0 Å². The van der Waals surface area contributed by atoms with Crippen molar-refractivity contribution in [2.24, 2.45) is 0 Å². The zero-order chi connectivity index (χ0) is 18.5. The molecule has 6 heteroatoms. The third-order valence-corrected chi connectivity index (χ3v) is 5.65. The molecule has 0 unspecified atom stereocenters. The van der Waals surface area contributed by atoms with Gasteiger partial charge in [-0.15, -0.1) is 5.10 Å². The van der Waals surface area contributed by atoms with E-state index in [1.807, 2.05) is 42.5 Å². The maximum atomic E-state index is 4.85. The van der Waals surface area contributed by atoms with E-state index in [1.165, 1.54) is 0 Å². The van der Waals surface area contributed by atoms with Gasteiger partial charge in [-0.25, -0.2) is 14.5 Å². The van der Waals surface area contributed by atoms with Crippen molar-refractivity contribution >= 4 is 32.6 Å². The van der Waals surface area contributed by atoms with Crippen LogP contribution in [0.2, 0.25) is 0 Å². The lowest BCUT2D eigenvalue weighted by Crippen LogP contribution is -1.98. The minimum absolute atomic E-state index is 0.682. The molecule has 132 valence electrons. The number of fused-ring (bicyclic) bond motifs is 3. The van der Waals surface area contributed by atoms with Crippen molar-refractivity contribution in [2.75, 3.05) is 0 Å². The Kier molecular flexibility index (Phi) is 3.62. The molecule has 0 radical (unpaired) electrons. The van der Waals surface area contributed by atoms with Crippen LogP contribution in [0.25, 0.3) is 33.8 Å². The SMILES string of the molecule is Cc1c(C)n(-c2ccccc2)c2ncn3nc(-c4ccccc4Br)nc3c12. The number of hydrogen-bond donors (Lipinski definition) is 0. The maximum Gasteiger partial charge on any atom is 0.183 e. The molecule has 0 fully saturated rings. The Morgan fingerprint density at radius 3 is 2.41 bits per heavy atom. The van der Waals surface area contributed by atoms with Crippen molar-refractivity contribution in [3.8, 4) is 17.1 Å². The quantitative estimate of drug-likeness (QED) is 0.400. The van der Waals surface area contributed by atoms with E-state index >= 15 is 0 Å². The molecule has 2 aromatic carbocycles. The zero-order valence-corrected chi connectivity index (χ0v) is 16.5. The van der Waals surface area contributed by atoms with Crippen LogP contribution < -0.4 is 0 Å². The van der Waals surface area contributed by atoms with Gasteiger partial charge >= 0.3 is 0 Å². The lowest BCUT2D eigenvalue weighted by Gasteiger charge is -2.07. The highest BCUT2D eigenvalue weighted by molar-refractivity contribution is 9.10. The van der Waals surface area contributed by atoms with Crippen LogP contribution >= 0.6 is 15.9 Å². The highest BCUT2D eigenvalue weighted by Crippen LogP contribution is 2.31. The summed E-state index contributed by atoms with van der Waals surface area (Å²) >= 11 is 3.59. The number of aromatic nitrogens is 5. The summed E-state index contributed by atoms with van der Waals surface area (Å²) in [5, 5.41) is 5.68. The van der Waals surface area contributed by atoms with Gasteiger partial charge in [0, 0.05) is 21.4 Å². The Morgan fingerprint density at radius 2 is 1.63 bits per heavy atom. The number of rotatable bonds is 2. The van der Waals surface area contributed by atoms with E-state index < -0.39 is 0 Å². The van der Waals surface area contributed by atoms with Gasteiger partial charge in [-0.3, -0.25) is 4.57 Å². The topological polar surface area (TPSA) is 48.0 Å². The third kappa shape index (κ3) is 2.40. The highest BCUT2D eigenvalue weighted by Gasteiger charge is 2.19. The lowest BCUT2D eigenvalue weighted by atomic mass is 10.2. The van der Waals surface area contributed by atoms with Crippen molar-refractivity contribution in [1.82, 2.24) is 24.1 Å². The van der Waals surface area contributed by atoms with Gasteiger partial charge < -0.3 is 0 Å². The summed E-state index contributed by atoms with van der Waals surface area (Å²) in [6.45, 7) is 4.23. The van der Waals surface area contributed by atoms with Crippen molar-refractivity contribution in [3.63, 3.8) is 0 Å². The fraction of sp³-hybridized carbons (Fsp3) is 0.0952. The number of aryl methyl sites for hydroxylation is 1. The van der Waals surface area contributed by atoms with Crippen LogP contribution in [0.1, 0.15) is 11.3 Å².